The molecule has 1 fully saturated rings. The van der Waals surface area contributed by atoms with Gasteiger partial charge in [-0.25, -0.2) is 13.6 Å². The fourth-order valence-electron chi connectivity index (χ4n) is 3.26. The number of nitrogens with zero attached hydrogens (tertiary/aromatic N) is 2. The van der Waals surface area contributed by atoms with E-state index in [2.05, 4.69) is 28.5 Å². The first-order chi connectivity index (χ1) is 15.2. The highest BCUT2D eigenvalue weighted by atomic mass is 32.2. The van der Waals surface area contributed by atoms with E-state index < -0.39 is 10.0 Å². The molecule has 0 aliphatic carbocycles. The Hall–Kier alpha value is -3.01. The maximum absolute atomic E-state index is 12.4. The van der Waals surface area contributed by atoms with Gasteiger partial charge in [0, 0.05) is 17.4 Å². The maximum atomic E-state index is 12.4. The topological polar surface area (TPSA) is 116 Å². The van der Waals surface area contributed by atoms with Crippen molar-refractivity contribution in [2.24, 2.45) is 5.14 Å². The summed E-state index contributed by atoms with van der Waals surface area (Å²) in [6.07, 6.45) is 6.17. The molecular formula is C23H28N4O4S. The monoisotopic (exact) mass is 456 g/mol. The van der Waals surface area contributed by atoms with Gasteiger partial charge in [-0.3, -0.25) is 9.48 Å². The first-order valence-electron chi connectivity index (χ1n) is 10.3. The second-order valence-electron chi connectivity index (χ2n) is 7.65. The van der Waals surface area contributed by atoms with Gasteiger partial charge in [0.25, 0.3) is 0 Å². The third-order valence-electron chi connectivity index (χ3n) is 4.95. The zero-order chi connectivity index (χ0) is 23.1. The van der Waals surface area contributed by atoms with Gasteiger partial charge in [0.15, 0.2) is 0 Å². The Morgan fingerprint density at radius 2 is 1.75 bits per heavy atom. The Balaban J connectivity index is 0.000000523. The van der Waals surface area contributed by atoms with Crippen molar-refractivity contribution in [2.75, 3.05) is 24.8 Å². The molecule has 0 atom stereocenters. The number of amides is 1. The summed E-state index contributed by atoms with van der Waals surface area (Å²) in [6.45, 7) is 3.57. The van der Waals surface area contributed by atoms with Crippen molar-refractivity contribution in [2.45, 2.75) is 25.8 Å². The summed E-state index contributed by atoms with van der Waals surface area (Å²) in [5.74, 6) is 0.00135. The summed E-state index contributed by atoms with van der Waals surface area (Å²) in [5, 5.41) is 11.7. The number of nitrogens with one attached hydrogen (secondary N) is 1. The van der Waals surface area contributed by atoms with Crippen LogP contribution < -0.4 is 10.5 Å². The first-order valence-corrected chi connectivity index (χ1v) is 12.2. The highest BCUT2D eigenvalue weighted by Crippen LogP contribution is 2.24. The van der Waals surface area contributed by atoms with E-state index in [-0.39, 0.29) is 5.91 Å². The molecular weight excluding hydrogens is 428 g/mol. The molecule has 0 spiro atoms. The molecule has 1 aromatic heterocycles. The molecule has 4 rings (SSSR count). The number of hydrogen-bond acceptors (Lipinski definition) is 5. The van der Waals surface area contributed by atoms with Crippen LogP contribution in [-0.2, 0) is 32.4 Å². The van der Waals surface area contributed by atoms with Crippen LogP contribution in [0.1, 0.15) is 24.1 Å². The predicted octanol–water partition coefficient (Wildman–Crippen LogP) is 2.77. The Morgan fingerprint density at radius 3 is 2.31 bits per heavy atom. The minimum atomic E-state index is -3.17. The van der Waals surface area contributed by atoms with Crippen molar-refractivity contribution in [3.63, 3.8) is 0 Å². The van der Waals surface area contributed by atoms with E-state index in [1.807, 2.05) is 59.5 Å². The van der Waals surface area contributed by atoms with E-state index in [0.29, 0.717) is 12.5 Å². The number of aryl methyl sites for hydroxylation is 1. The number of hydrogen-bond donors (Lipinski definition) is 2. The fraction of sp³-hybridized carbons (Fsp3) is 0.304. The van der Waals surface area contributed by atoms with Crippen molar-refractivity contribution < 1.29 is 17.9 Å². The van der Waals surface area contributed by atoms with Crippen LogP contribution >= 0.6 is 0 Å². The summed E-state index contributed by atoms with van der Waals surface area (Å²) in [5.41, 5.74) is 5.25. The van der Waals surface area contributed by atoms with Gasteiger partial charge in [0.05, 0.1) is 38.1 Å². The number of carbonyl (C=O) groups is 1. The molecule has 0 unspecified atom stereocenters. The average Bonchev–Trinajstić information content (AvgIpc) is 3.15. The van der Waals surface area contributed by atoms with E-state index in [1.54, 1.807) is 0 Å². The van der Waals surface area contributed by atoms with E-state index >= 15 is 0 Å². The van der Waals surface area contributed by atoms with E-state index in [0.717, 1.165) is 48.3 Å². The molecule has 32 heavy (non-hydrogen) atoms. The molecule has 9 heteroatoms. The zero-order valence-electron chi connectivity index (χ0n) is 18.2. The predicted molar refractivity (Wildman–Crippen MR) is 125 cm³/mol. The van der Waals surface area contributed by atoms with Gasteiger partial charge in [-0.15, -0.1) is 0 Å². The molecule has 0 saturated carbocycles. The Bertz CT molecular complexity index is 1140. The normalized spacial score (nSPS) is 13.6. The molecule has 2 aromatic carbocycles. The van der Waals surface area contributed by atoms with Crippen LogP contribution in [0.4, 0.5) is 5.69 Å². The maximum Gasteiger partial charge on any atom is 0.228 e. The molecule has 0 radical (unpaired) electrons. The number of carbonyl (C=O) groups excluding carboxylic acids is 1. The number of aromatic nitrogens is 2. The third kappa shape index (κ3) is 7.01. The number of anilines is 1. The van der Waals surface area contributed by atoms with Crippen LogP contribution in [0.25, 0.3) is 11.1 Å². The van der Waals surface area contributed by atoms with Gasteiger partial charge in [-0.2, -0.15) is 5.10 Å². The molecule has 2 heterocycles. The molecule has 0 bridgehead atoms. The number of nitrogens with two attached hydrogens (primary N) is 1. The molecule has 3 N–H and O–H groups in total. The van der Waals surface area contributed by atoms with Gasteiger partial charge in [-0.05, 0) is 35.2 Å². The third-order valence-corrected chi connectivity index (χ3v) is 4.95. The minimum absolute atomic E-state index is 0.00135. The van der Waals surface area contributed by atoms with Crippen LogP contribution in [0, 0.1) is 0 Å². The van der Waals surface area contributed by atoms with E-state index in [4.69, 9.17) is 4.74 Å². The van der Waals surface area contributed by atoms with Crippen LogP contribution in [-0.4, -0.2) is 43.6 Å². The smallest absolute Gasteiger partial charge is 0.228 e. The van der Waals surface area contributed by atoms with Gasteiger partial charge in [-0.1, -0.05) is 43.3 Å². The lowest BCUT2D eigenvalue weighted by Crippen LogP contribution is -2.30. The summed E-state index contributed by atoms with van der Waals surface area (Å²) in [6, 6.07) is 16.3. The first kappa shape index (κ1) is 23.6. The quantitative estimate of drug-likeness (QED) is 0.592. The molecule has 1 saturated heterocycles. The lowest BCUT2D eigenvalue weighted by atomic mass is 10.0. The second kappa shape index (κ2) is 10.5. The molecule has 1 aliphatic heterocycles. The Kier molecular flexibility index (Phi) is 7.79. The van der Waals surface area contributed by atoms with Gasteiger partial charge < -0.3 is 10.1 Å². The van der Waals surface area contributed by atoms with E-state index in [1.165, 1.54) is 5.56 Å². The molecule has 8 nitrogen and oxygen atoms in total. The van der Waals surface area contributed by atoms with Crippen molar-refractivity contribution in [3.8, 4) is 11.1 Å². The van der Waals surface area contributed by atoms with Crippen LogP contribution in [0.5, 0.6) is 0 Å². The van der Waals surface area contributed by atoms with Crippen LogP contribution in [0.3, 0.4) is 0 Å². The van der Waals surface area contributed by atoms with Crippen molar-refractivity contribution >= 4 is 21.6 Å². The summed E-state index contributed by atoms with van der Waals surface area (Å²) in [7, 11) is -3.17. The van der Waals surface area contributed by atoms with Crippen LogP contribution in [0.2, 0.25) is 0 Å². The summed E-state index contributed by atoms with van der Waals surface area (Å²) < 4.78 is 26.0. The van der Waals surface area contributed by atoms with Crippen molar-refractivity contribution in [1.29, 1.82) is 0 Å². The zero-order valence-corrected chi connectivity index (χ0v) is 19.0. The Labute approximate surface area is 188 Å². The van der Waals surface area contributed by atoms with E-state index in [9.17, 15) is 13.2 Å². The van der Waals surface area contributed by atoms with Crippen LogP contribution in [0.15, 0.2) is 60.9 Å². The molecule has 1 amide bonds. The molecule has 1 aliphatic rings. The Morgan fingerprint density at radius 1 is 1.12 bits per heavy atom. The van der Waals surface area contributed by atoms with Gasteiger partial charge >= 0.3 is 0 Å². The lowest BCUT2D eigenvalue weighted by Gasteiger charge is -2.25. The number of primary sulfonamides is 1. The SMILES string of the molecule is CCc1ccccc1CC(=O)Nc1ccc(-c2cnn(C3COC3)c2)cc1.CS(N)(=O)=O. The van der Waals surface area contributed by atoms with Crippen molar-refractivity contribution in [1.82, 2.24) is 9.78 Å². The van der Waals surface area contributed by atoms with Crippen molar-refractivity contribution in [3.05, 3.63) is 72.1 Å². The number of rotatable bonds is 6. The van der Waals surface area contributed by atoms with Gasteiger partial charge in [0.1, 0.15) is 0 Å². The summed E-state index contributed by atoms with van der Waals surface area (Å²) >= 11 is 0. The highest BCUT2D eigenvalue weighted by Gasteiger charge is 2.21. The molecule has 3 aromatic rings. The lowest BCUT2D eigenvalue weighted by molar-refractivity contribution is -0.115. The number of ether oxygens (including phenoxy) is 1. The average molecular weight is 457 g/mol. The van der Waals surface area contributed by atoms with Gasteiger partial charge in [0.2, 0.25) is 15.9 Å². The minimum Gasteiger partial charge on any atom is -0.377 e. The number of benzene rings is 2. The highest BCUT2D eigenvalue weighted by molar-refractivity contribution is 7.88. The second-order valence-corrected chi connectivity index (χ2v) is 9.31. The number of sulfonamides is 1. The fourth-order valence-corrected chi connectivity index (χ4v) is 3.26. The molecule has 170 valence electrons. The summed E-state index contributed by atoms with van der Waals surface area (Å²) in [4.78, 5) is 12.4. The standard InChI is InChI=1S/C22H23N3O2.CH5NO2S/c1-2-16-5-3-4-6-18(16)11-22(26)24-20-9-7-17(8-10-20)19-12-23-25(13-19)21-14-27-15-21;1-5(2,3)4/h3-10,12-13,21H,2,11,14-15H2,1H3,(H,24,26);1H3,(H2,2,3,4). The largest absolute Gasteiger partial charge is 0.377 e.